The molecule has 0 aliphatic rings. The maximum atomic E-state index is 11.8. The number of nitrogens with zero attached hydrogens (tertiary/aromatic N) is 1. The van der Waals surface area contributed by atoms with Gasteiger partial charge < -0.3 is 14.3 Å². The fraction of sp³-hybridized carbons (Fsp3) is 0.471. The summed E-state index contributed by atoms with van der Waals surface area (Å²) in [6.07, 6.45) is 0.193. The molecule has 23 heavy (non-hydrogen) atoms. The van der Waals surface area contributed by atoms with Crippen molar-refractivity contribution in [2.75, 3.05) is 27.3 Å². The first-order valence-electron chi connectivity index (χ1n) is 7.55. The average molecular weight is 340 g/mol. The fourth-order valence-electron chi connectivity index (χ4n) is 2.65. The first kappa shape index (κ1) is 17.9. The van der Waals surface area contributed by atoms with Gasteiger partial charge in [-0.1, -0.05) is 18.5 Å². The van der Waals surface area contributed by atoms with E-state index in [9.17, 15) is 9.90 Å². The highest BCUT2D eigenvalue weighted by Gasteiger charge is 2.13. The van der Waals surface area contributed by atoms with E-state index in [1.807, 2.05) is 31.0 Å². The maximum Gasteiger partial charge on any atom is 0.336 e. The summed E-state index contributed by atoms with van der Waals surface area (Å²) in [6, 6.07) is 5.14. The van der Waals surface area contributed by atoms with Gasteiger partial charge in [0.15, 0.2) is 0 Å². The molecule has 0 saturated carbocycles. The lowest BCUT2D eigenvalue weighted by atomic mass is 10.1. The topological polar surface area (TPSA) is 62.9 Å². The molecular weight excluding hydrogens is 318 g/mol. The summed E-state index contributed by atoms with van der Waals surface area (Å²) in [7, 11) is 3.42. The van der Waals surface area contributed by atoms with Gasteiger partial charge in [-0.25, -0.2) is 4.79 Å². The van der Waals surface area contributed by atoms with Gasteiger partial charge in [0.2, 0.25) is 0 Å². The minimum Gasteiger partial charge on any atom is -0.423 e. The first-order chi connectivity index (χ1) is 10.9. The van der Waals surface area contributed by atoms with Gasteiger partial charge in [-0.3, -0.25) is 4.90 Å². The van der Waals surface area contributed by atoms with Crippen molar-refractivity contribution in [1.29, 1.82) is 0 Å². The van der Waals surface area contributed by atoms with E-state index >= 15 is 0 Å². The second-order valence-electron chi connectivity index (χ2n) is 5.69. The van der Waals surface area contributed by atoms with Crippen molar-refractivity contribution in [2.24, 2.45) is 0 Å². The number of benzene rings is 1. The summed E-state index contributed by atoms with van der Waals surface area (Å²) >= 11 is 6.29. The number of ether oxygens (including phenoxy) is 1. The van der Waals surface area contributed by atoms with Crippen molar-refractivity contribution in [3.05, 3.63) is 44.8 Å². The molecule has 0 spiro atoms. The SMILES string of the molecule is CCc1cc2oc(=O)cc(CN(C)CC(O)COC)c2cc1Cl. The molecule has 126 valence electrons. The Balaban J connectivity index is 2.32. The van der Waals surface area contributed by atoms with Crippen LogP contribution >= 0.6 is 11.6 Å². The van der Waals surface area contributed by atoms with Gasteiger partial charge in [0.05, 0.1) is 12.7 Å². The van der Waals surface area contributed by atoms with E-state index < -0.39 is 6.10 Å². The van der Waals surface area contributed by atoms with Gasteiger partial charge in [-0.05, 0) is 36.7 Å². The zero-order chi connectivity index (χ0) is 17.0. The van der Waals surface area contributed by atoms with Crippen molar-refractivity contribution in [1.82, 2.24) is 4.90 Å². The molecule has 1 N–H and O–H groups in total. The normalized spacial score (nSPS) is 13.0. The number of hydrogen-bond acceptors (Lipinski definition) is 5. The lowest BCUT2D eigenvalue weighted by Crippen LogP contribution is -2.31. The van der Waals surface area contributed by atoms with Crippen LogP contribution in [0, 0.1) is 0 Å². The Morgan fingerprint density at radius 1 is 1.35 bits per heavy atom. The van der Waals surface area contributed by atoms with Crippen LogP contribution in [-0.4, -0.2) is 43.4 Å². The quantitative estimate of drug-likeness (QED) is 0.785. The Kier molecular flexibility index (Phi) is 6.18. The minimum atomic E-state index is -0.577. The predicted molar refractivity (Wildman–Crippen MR) is 91.1 cm³/mol. The van der Waals surface area contributed by atoms with Gasteiger partial charge >= 0.3 is 5.63 Å². The Morgan fingerprint density at radius 3 is 2.74 bits per heavy atom. The van der Waals surface area contributed by atoms with Crippen LogP contribution in [0.3, 0.4) is 0 Å². The number of aryl methyl sites for hydroxylation is 1. The van der Waals surface area contributed by atoms with Crippen molar-refractivity contribution in [3.8, 4) is 0 Å². The van der Waals surface area contributed by atoms with Gasteiger partial charge in [-0.2, -0.15) is 0 Å². The molecular formula is C17H22ClNO4. The molecule has 0 fully saturated rings. The highest BCUT2D eigenvalue weighted by molar-refractivity contribution is 6.32. The molecule has 1 aromatic carbocycles. The standard InChI is InChI=1S/C17H22ClNO4/c1-4-11-5-16-14(7-15(11)18)12(6-17(21)23-16)8-19(2)9-13(20)10-22-3/h5-7,13,20H,4,8-10H2,1-3H3. The van der Waals surface area contributed by atoms with Gasteiger partial charge in [0.1, 0.15) is 5.58 Å². The number of aliphatic hydroxyl groups is 1. The van der Waals surface area contributed by atoms with E-state index in [-0.39, 0.29) is 12.2 Å². The molecule has 0 aliphatic heterocycles. The monoisotopic (exact) mass is 339 g/mol. The van der Waals surface area contributed by atoms with Crippen molar-refractivity contribution in [2.45, 2.75) is 26.0 Å². The lowest BCUT2D eigenvalue weighted by molar-refractivity contribution is 0.0419. The molecule has 1 aromatic heterocycles. The van der Waals surface area contributed by atoms with E-state index in [4.69, 9.17) is 20.8 Å². The van der Waals surface area contributed by atoms with Crippen molar-refractivity contribution < 1.29 is 14.3 Å². The maximum absolute atomic E-state index is 11.8. The molecule has 6 heteroatoms. The first-order valence-corrected chi connectivity index (χ1v) is 7.93. The Morgan fingerprint density at radius 2 is 2.09 bits per heavy atom. The summed E-state index contributed by atoms with van der Waals surface area (Å²) in [5.41, 5.74) is 1.93. The molecule has 0 saturated heterocycles. The largest absolute Gasteiger partial charge is 0.423 e. The highest BCUT2D eigenvalue weighted by Crippen LogP contribution is 2.26. The average Bonchev–Trinajstić information content (AvgIpc) is 2.47. The number of halogens is 1. The summed E-state index contributed by atoms with van der Waals surface area (Å²) in [5.74, 6) is 0. The summed E-state index contributed by atoms with van der Waals surface area (Å²) < 4.78 is 10.2. The zero-order valence-electron chi connectivity index (χ0n) is 13.6. The van der Waals surface area contributed by atoms with Crippen LogP contribution in [0.5, 0.6) is 0 Å². The third kappa shape index (κ3) is 4.54. The Hall–Kier alpha value is -1.40. The second-order valence-corrected chi connectivity index (χ2v) is 6.10. The van der Waals surface area contributed by atoms with Crippen LogP contribution in [0.15, 0.2) is 27.4 Å². The fourth-order valence-corrected chi connectivity index (χ4v) is 2.95. The molecule has 1 heterocycles. The lowest BCUT2D eigenvalue weighted by Gasteiger charge is -2.20. The third-order valence-corrected chi connectivity index (χ3v) is 4.05. The van der Waals surface area contributed by atoms with E-state index in [2.05, 4.69) is 0 Å². The van der Waals surface area contributed by atoms with Crippen LogP contribution in [0.2, 0.25) is 5.02 Å². The minimum absolute atomic E-state index is 0.272. The van der Waals surface area contributed by atoms with Crippen LogP contribution < -0.4 is 5.63 Å². The van der Waals surface area contributed by atoms with Gasteiger partial charge in [0, 0.05) is 36.7 Å². The van der Waals surface area contributed by atoms with E-state index in [1.165, 1.54) is 6.07 Å². The van der Waals surface area contributed by atoms with E-state index in [1.54, 1.807) is 7.11 Å². The molecule has 2 rings (SSSR count). The molecule has 1 unspecified atom stereocenters. The summed E-state index contributed by atoms with van der Waals surface area (Å²) in [5, 5.41) is 11.3. The van der Waals surface area contributed by atoms with Crippen LogP contribution in [-0.2, 0) is 17.7 Å². The van der Waals surface area contributed by atoms with E-state index in [0.29, 0.717) is 23.7 Å². The van der Waals surface area contributed by atoms with Crippen LogP contribution in [0.1, 0.15) is 18.1 Å². The number of rotatable bonds is 7. The third-order valence-electron chi connectivity index (χ3n) is 3.70. The smallest absolute Gasteiger partial charge is 0.336 e. The molecule has 0 radical (unpaired) electrons. The number of fused-ring (bicyclic) bond motifs is 1. The van der Waals surface area contributed by atoms with E-state index in [0.717, 1.165) is 22.9 Å². The number of methoxy groups -OCH3 is 1. The second kappa shape index (κ2) is 7.93. The van der Waals surface area contributed by atoms with Crippen molar-refractivity contribution >= 4 is 22.6 Å². The number of aliphatic hydroxyl groups excluding tert-OH is 1. The van der Waals surface area contributed by atoms with Crippen LogP contribution in [0.4, 0.5) is 0 Å². The molecule has 5 nitrogen and oxygen atoms in total. The molecule has 1 atom stereocenters. The Labute approximate surface area is 140 Å². The van der Waals surface area contributed by atoms with Crippen LogP contribution in [0.25, 0.3) is 11.0 Å². The number of hydrogen-bond donors (Lipinski definition) is 1. The predicted octanol–water partition coefficient (Wildman–Crippen LogP) is 2.45. The number of likely N-dealkylation sites (N-methyl/N-ethyl adjacent to an activating group) is 1. The summed E-state index contributed by atoms with van der Waals surface area (Å²) in [6.45, 7) is 3.22. The van der Waals surface area contributed by atoms with Gasteiger partial charge in [0.25, 0.3) is 0 Å². The molecule has 0 aliphatic carbocycles. The molecule has 0 amide bonds. The summed E-state index contributed by atoms with van der Waals surface area (Å²) in [4.78, 5) is 13.7. The van der Waals surface area contributed by atoms with Gasteiger partial charge in [-0.15, -0.1) is 0 Å². The molecule has 2 aromatic rings. The zero-order valence-corrected chi connectivity index (χ0v) is 14.4. The van der Waals surface area contributed by atoms with Crippen molar-refractivity contribution in [3.63, 3.8) is 0 Å². The molecule has 0 bridgehead atoms. The Bertz CT molecular complexity index is 728. The highest BCUT2D eigenvalue weighted by atomic mass is 35.5.